The molecule has 7 heteroatoms. The van der Waals surface area contributed by atoms with Crippen LogP contribution in [0.5, 0.6) is 0 Å². The summed E-state index contributed by atoms with van der Waals surface area (Å²) in [4.78, 5) is 19.7. The summed E-state index contributed by atoms with van der Waals surface area (Å²) >= 11 is 1.28. The highest BCUT2D eigenvalue weighted by Crippen LogP contribution is 2.25. The van der Waals surface area contributed by atoms with Gasteiger partial charge in [-0.3, -0.25) is 9.78 Å². The minimum atomic E-state index is -0.293. The Balaban J connectivity index is 1.67. The maximum atomic E-state index is 11.2. The lowest BCUT2D eigenvalue weighted by Gasteiger charge is -2.06. The van der Waals surface area contributed by atoms with Crippen LogP contribution in [0.4, 0.5) is 5.82 Å². The normalized spacial score (nSPS) is 10.8. The van der Waals surface area contributed by atoms with Crippen molar-refractivity contribution in [3.63, 3.8) is 0 Å². The summed E-state index contributed by atoms with van der Waals surface area (Å²) < 4.78 is 10.5. The SMILES string of the molecule is COC(=O)CSc1cncc(NCc2oc3ccccc3c2C)n1. The van der Waals surface area contributed by atoms with E-state index in [9.17, 15) is 4.79 Å². The fourth-order valence-electron chi connectivity index (χ4n) is 2.26. The van der Waals surface area contributed by atoms with Crippen molar-refractivity contribution in [2.75, 3.05) is 18.2 Å². The molecule has 0 aliphatic rings. The van der Waals surface area contributed by atoms with Crippen LogP contribution in [-0.4, -0.2) is 28.8 Å². The molecule has 0 saturated heterocycles. The monoisotopic (exact) mass is 343 g/mol. The second kappa shape index (κ2) is 7.35. The third-order valence-corrected chi connectivity index (χ3v) is 4.42. The number of anilines is 1. The molecule has 3 rings (SSSR count). The molecule has 2 aromatic heterocycles. The first kappa shape index (κ1) is 16.3. The number of esters is 1. The summed E-state index contributed by atoms with van der Waals surface area (Å²) in [6.07, 6.45) is 3.26. The average molecular weight is 343 g/mol. The van der Waals surface area contributed by atoms with Crippen molar-refractivity contribution in [2.45, 2.75) is 18.5 Å². The lowest BCUT2D eigenvalue weighted by molar-refractivity contribution is -0.137. The van der Waals surface area contributed by atoms with Crippen molar-refractivity contribution < 1.29 is 13.9 Å². The smallest absolute Gasteiger partial charge is 0.316 e. The number of carbonyl (C=O) groups excluding carboxylic acids is 1. The van der Waals surface area contributed by atoms with Gasteiger partial charge in [0.25, 0.3) is 0 Å². The fraction of sp³-hybridized carbons (Fsp3) is 0.235. The largest absolute Gasteiger partial charge is 0.468 e. The molecule has 1 aromatic carbocycles. The van der Waals surface area contributed by atoms with Crippen molar-refractivity contribution in [1.82, 2.24) is 9.97 Å². The topological polar surface area (TPSA) is 77.2 Å². The Kier molecular flexibility index (Phi) is 5.00. The molecule has 0 saturated carbocycles. The van der Waals surface area contributed by atoms with E-state index in [1.54, 1.807) is 12.4 Å². The zero-order valence-electron chi connectivity index (χ0n) is 13.4. The number of aromatic nitrogens is 2. The van der Waals surface area contributed by atoms with Gasteiger partial charge in [-0.2, -0.15) is 0 Å². The molecule has 0 spiro atoms. The number of aryl methyl sites for hydroxylation is 1. The molecule has 0 unspecified atom stereocenters. The third kappa shape index (κ3) is 3.68. The summed E-state index contributed by atoms with van der Waals surface area (Å²) in [6, 6.07) is 7.95. The van der Waals surface area contributed by atoms with Gasteiger partial charge in [0.15, 0.2) is 0 Å². The first-order valence-corrected chi connectivity index (χ1v) is 8.38. The molecule has 0 amide bonds. The van der Waals surface area contributed by atoms with Crippen LogP contribution in [0.15, 0.2) is 46.1 Å². The number of hydrogen-bond donors (Lipinski definition) is 1. The molecule has 0 atom stereocenters. The molecule has 1 N–H and O–H groups in total. The van der Waals surface area contributed by atoms with E-state index in [1.165, 1.54) is 18.9 Å². The van der Waals surface area contributed by atoms with Crippen LogP contribution in [0.3, 0.4) is 0 Å². The van der Waals surface area contributed by atoms with E-state index < -0.39 is 0 Å². The van der Waals surface area contributed by atoms with Gasteiger partial charge < -0.3 is 14.5 Å². The van der Waals surface area contributed by atoms with E-state index in [4.69, 9.17) is 4.42 Å². The van der Waals surface area contributed by atoms with Crippen molar-refractivity contribution in [3.05, 3.63) is 48.0 Å². The number of benzene rings is 1. The Bertz CT molecular complexity index is 863. The summed E-state index contributed by atoms with van der Waals surface area (Å²) in [7, 11) is 1.36. The molecule has 0 aliphatic heterocycles. The Hall–Kier alpha value is -2.54. The van der Waals surface area contributed by atoms with E-state index >= 15 is 0 Å². The molecule has 2 heterocycles. The molecule has 3 aromatic rings. The van der Waals surface area contributed by atoms with Crippen LogP contribution >= 0.6 is 11.8 Å². The minimum Gasteiger partial charge on any atom is -0.468 e. The van der Waals surface area contributed by atoms with Gasteiger partial charge in [-0.15, -0.1) is 0 Å². The molecule has 6 nitrogen and oxygen atoms in total. The number of ether oxygens (including phenoxy) is 1. The molecular weight excluding hydrogens is 326 g/mol. The van der Waals surface area contributed by atoms with Crippen LogP contribution in [0.2, 0.25) is 0 Å². The Morgan fingerprint density at radius 1 is 1.33 bits per heavy atom. The van der Waals surface area contributed by atoms with Crippen molar-refractivity contribution in [1.29, 1.82) is 0 Å². The highest BCUT2D eigenvalue weighted by molar-refractivity contribution is 7.99. The summed E-state index contributed by atoms with van der Waals surface area (Å²) in [5.41, 5.74) is 1.99. The number of nitrogens with zero attached hydrogens (tertiary/aromatic N) is 2. The molecular formula is C17H17N3O3S. The Morgan fingerprint density at radius 3 is 2.96 bits per heavy atom. The lowest BCUT2D eigenvalue weighted by Crippen LogP contribution is -2.05. The summed E-state index contributed by atoms with van der Waals surface area (Å²) in [5, 5.41) is 4.98. The molecule has 0 bridgehead atoms. The predicted octanol–water partition coefficient (Wildman–Crippen LogP) is 3.41. The first-order valence-electron chi connectivity index (χ1n) is 7.40. The van der Waals surface area contributed by atoms with Gasteiger partial charge in [0.05, 0.1) is 31.8 Å². The van der Waals surface area contributed by atoms with E-state index in [0.717, 1.165) is 22.3 Å². The first-order chi connectivity index (χ1) is 11.7. The number of carbonyl (C=O) groups is 1. The van der Waals surface area contributed by atoms with Crippen molar-refractivity contribution in [3.8, 4) is 0 Å². The molecule has 0 aliphatic carbocycles. The lowest BCUT2D eigenvalue weighted by atomic mass is 10.1. The zero-order chi connectivity index (χ0) is 16.9. The van der Waals surface area contributed by atoms with Crippen molar-refractivity contribution >= 4 is 34.5 Å². The van der Waals surface area contributed by atoms with Crippen molar-refractivity contribution in [2.24, 2.45) is 0 Å². The Labute approximate surface area is 143 Å². The average Bonchev–Trinajstić information content (AvgIpc) is 2.94. The van der Waals surface area contributed by atoms with Crippen LogP contribution in [0, 0.1) is 6.92 Å². The number of rotatable bonds is 6. The number of furan rings is 1. The van der Waals surface area contributed by atoms with Gasteiger partial charge in [0.1, 0.15) is 22.2 Å². The van der Waals surface area contributed by atoms with E-state index in [2.05, 4.69) is 20.0 Å². The molecule has 124 valence electrons. The zero-order valence-corrected chi connectivity index (χ0v) is 14.2. The minimum absolute atomic E-state index is 0.206. The molecule has 0 fully saturated rings. The highest BCUT2D eigenvalue weighted by atomic mass is 32.2. The summed E-state index contributed by atoms with van der Waals surface area (Å²) in [6.45, 7) is 2.55. The highest BCUT2D eigenvalue weighted by Gasteiger charge is 2.10. The maximum absolute atomic E-state index is 11.2. The third-order valence-electron chi connectivity index (χ3n) is 3.55. The van der Waals surface area contributed by atoms with Gasteiger partial charge in [-0.1, -0.05) is 30.0 Å². The number of thioether (sulfide) groups is 1. The number of methoxy groups -OCH3 is 1. The van der Waals surface area contributed by atoms with Gasteiger partial charge in [0.2, 0.25) is 0 Å². The molecule has 0 radical (unpaired) electrons. The standard InChI is InChI=1S/C17H17N3O3S/c1-11-12-5-3-4-6-13(12)23-14(11)7-19-15-8-18-9-16(20-15)24-10-17(21)22-2/h3-6,8-9H,7,10H2,1-2H3,(H,19,20). The van der Waals surface area contributed by atoms with E-state index in [1.807, 2.05) is 31.2 Å². The van der Waals surface area contributed by atoms with Crippen LogP contribution in [-0.2, 0) is 16.1 Å². The van der Waals surface area contributed by atoms with Crippen LogP contribution < -0.4 is 5.32 Å². The van der Waals surface area contributed by atoms with Gasteiger partial charge >= 0.3 is 5.97 Å². The predicted molar refractivity (Wildman–Crippen MR) is 93.0 cm³/mol. The quantitative estimate of drug-likeness (QED) is 0.543. The second-order valence-corrected chi connectivity index (χ2v) is 6.10. The van der Waals surface area contributed by atoms with Gasteiger partial charge in [-0.25, -0.2) is 4.98 Å². The van der Waals surface area contributed by atoms with Gasteiger partial charge in [-0.05, 0) is 13.0 Å². The van der Waals surface area contributed by atoms with Crippen LogP contribution in [0.25, 0.3) is 11.0 Å². The van der Waals surface area contributed by atoms with Gasteiger partial charge in [0, 0.05) is 10.9 Å². The number of para-hydroxylation sites is 1. The van der Waals surface area contributed by atoms with E-state index in [-0.39, 0.29) is 11.7 Å². The number of fused-ring (bicyclic) bond motifs is 1. The second-order valence-electron chi connectivity index (χ2n) is 5.11. The Morgan fingerprint density at radius 2 is 2.17 bits per heavy atom. The number of nitrogens with one attached hydrogen (secondary N) is 1. The van der Waals surface area contributed by atoms with Crippen LogP contribution in [0.1, 0.15) is 11.3 Å². The molecule has 24 heavy (non-hydrogen) atoms. The maximum Gasteiger partial charge on any atom is 0.316 e. The van der Waals surface area contributed by atoms with E-state index in [0.29, 0.717) is 17.4 Å². The summed E-state index contributed by atoms with van der Waals surface area (Å²) in [5.74, 6) is 1.41. The fourth-order valence-corrected chi connectivity index (χ4v) is 2.94. The number of hydrogen-bond acceptors (Lipinski definition) is 7.